The highest BCUT2D eigenvalue weighted by Crippen LogP contribution is 2.20. The van der Waals surface area contributed by atoms with E-state index in [9.17, 15) is 13.6 Å². The molecule has 1 aromatic heterocycles. The fourth-order valence-electron chi connectivity index (χ4n) is 1.88. The van der Waals surface area contributed by atoms with Crippen LogP contribution in [0.1, 0.15) is 16.0 Å². The first-order valence-electron chi connectivity index (χ1n) is 6.51. The Balaban J connectivity index is 1.85. The SMILES string of the molecule is Cc1scc(CCNC(=O)Nc2cc(F)ccc2F)c1C. The molecule has 0 saturated carbocycles. The molecule has 2 N–H and O–H groups in total. The lowest BCUT2D eigenvalue weighted by molar-refractivity contribution is 0.252. The van der Waals surface area contributed by atoms with E-state index < -0.39 is 17.7 Å². The normalized spacial score (nSPS) is 10.5. The van der Waals surface area contributed by atoms with Crippen LogP contribution in [0.2, 0.25) is 0 Å². The second-order valence-electron chi connectivity index (χ2n) is 4.70. The van der Waals surface area contributed by atoms with E-state index in [0.717, 1.165) is 18.2 Å². The number of thiophene rings is 1. The van der Waals surface area contributed by atoms with Crippen LogP contribution in [0.5, 0.6) is 0 Å². The number of amides is 2. The molecule has 0 radical (unpaired) electrons. The molecule has 0 aliphatic carbocycles. The summed E-state index contributed by atoms with van der Waals surface area (Å²) in [6, 6.07) is 2.37. The molecule has 21 heavy (non-hydrogen) atoms. The van der Waals surface area contributed by atoms with E-state index in [0.29, 0.717) is 13.0 Å². The van der Waals surface area contributed by atoms with Crippen LogP contribution < -0.4 is 10.6 Å². The third-order valence-electron chi connectivity index (χ3n) is 3.24. The molecule has 0 atom stereocenters. The van der Waals surface area contributed by atoms with E-state index in [2.05, 4.69) is 22.9 Å². The Kier molecular flexibility index (Phi) is 4.90. The standard InChI is InChI=1S/C15H16F2N2OS/c1-9-10(2)21-8-11(9)5-6-18-15(20)19-14-7-12(16)3-4-13(14)17/h3-4,7-8H,5-6H2,1-2H3,(H2,18,19,20). The van der Waals surface area contributed by atoms with Gasteiger partial charge in [-0.25, -0.2) is 13.6 Å². The molecule has 112 valence electrons. The van der Waals surface area contributed by atoms with Crippen molar-refractivity contribution in [3.8, 4) is 0 Å². The number of hydrogen-bond donors (Lipinski definition) is 2. The Morgan fingerprint density at radius 3 is 2.71 bits per heavy atom. The zero-order chi connectivity index (χ0) is 15.4. The molecular formula is C15H16F2N2OS. The lowest BCUT2D eigenvalue weighted by atomic mass is 10.1. The zero-order valence-electron chi connectivity index (χ0n) is 11.8. The summed E-state index contributed by atoms with van der Waals surface area (Å²) >= 11 is 1.68. The minimum atomic E-state index is -0.671. The summed E-state index contributed by atoms with van der Waals surface area (Å²) in [6.07, 6.45) is 0.704. The Hall–Kier alpha value is -1.95. The molecule has 6 heteroatoms. The van der Waals surface area contributed by atoms with Crippen molar-refractivity contribution in [2.75, 3.05) is 11.9 Å². The molecule has 1 heterocycles. The van der Waals surface area contributed by atoms with E-state index in [4.69, 9.17) is 0 Å². The van der Waals surface area contributed by atoms with Crippen LogP contribution >= 0.6 is 11.3 Å². The second kappa shape index (κ2) is 6.67. The van der Waals surface area contributed by atoms with Gasteiger partial charge in [0.25, 0.3) is 0 Å². The Morgan fingerprint density at radius 2 is 2.05 bits per heavy atom. The molecule has 2 aromatic rings. The number of carbonyl (C=O) groups is 1. The van der Waals surface area contributed by atoms with Gasteiger partial charge in [-0.05, 0) is 48.9 Å². The van der Waals surface area contributed by atoms with E-state index in [-0.39, 0.29) is 5.69 Å². The molecular weight excluding hydrogens is 294 g/mol. The van der Waals surface area contributed by atoms with Gasteiger partial charge in [-0.1, -0.05) is 0 Å². The fraction of sp³-hybridized carbons (Fsp3) is 0.267. The summed E-state index contributed by atoms with van der Waals surface area (Å²) < 4.78 is 26.3. The Bertz CT molecular complexity index is 655. The number of carbonyl (C=O) groups excluding carboxylic acids is 1. The molecule has 0 fully saturated rings. The molecule has 0 aliphatic heterocycles. The summed E-state index contributed by atoms with van der Waals surface area (Å²) in [5.74, 6) is -1.27. The van der Waals surface area contributed by atoms with Gasteiger partial charge in [0.2, 0.25) is 0 Å². The summed E-state index contributed by atoms with van der Waals surface area (Å²) in [4.78, 5) is 12.9. The van der Waals surface area contributed by atoms with Gasteiger partial charge in [0.15, 0.2) is 0 Å². The van der Waals surface area contributed by atoms with Crippen molar-refractivity contribution in [3.05, 3.63) is 51.2 Å². The number of anilines is 1. The van der Waals surface area contributed by atoms with Crippen LogP contribution in [0.15, 0.2) is 23.6 Å². The smallest absolute Gasteiger partial charge is 0.319 e. The third-order valence-corrected chi connectivity index (χ3v) is 4.31. The number of halogens is 2. The highest BCUT2D eigenvalue weighted by atomic mass is 32.1. The predicted molar refractivity (Wildman–Crippen MR) is 80.9 cm³/mol. The molecule has 0 saturated heterocycles. The number of nitrogens with one attached hydrogen (secondary N) is 2. The second-order valence-corrected chi connectivity index (χ2v) is 5.78. The van der Waals surface area contributed by atoms with Gasteiger partial charge in [0, 0.05) is 17.5 Å². The van der Waals surface area contributed by atoms with Gasteiger partial charge in [0.05, 0.1) is 5.69 Å². The first kappa shape index (κ1) is 15.4. The molecule has 0 aliphatic rings. The Labute approximate surface area is 126 Å². The van der Waals surface area contributed by atoms with Crippen LogP contribution in [0.4, 0.5) is 19.3 Å². The summed E-state index contributed by atoms with van der Waals surface area (Å²) in [5.41, 5.74) is 2.25. The monoisotopic (exact) mass is 310 g/mol. The molecule has 2 amide bonds. The minimum absolute atomic E-state index is 0.171. The number of urea groups is 1. The quantitative estimate of drug-likeness (QED) is 0.880. The average molecular weight is 310 g/mol. The molecule has 0 bridgehead atoms. The van der Waals surface area contributed by atoms with Gasteiger partial charge in [-0.15, -0.1) is 11.3 Å². The van der Waals surface area contributed by atoms with Gasteiger partial charge in [-0.2, -0.15) is 0 Å². The lowest BCUT2D eigenvalue weighted by Gasteiger charge is -2.08. The fourth-order valence-corrected chi connectivity index (χ4v) is 2.80. The van der Waals surface area contributed by atoms with Crippen LogP contribution in [0.3, 0.4) is 0 Å². The molecule has 0 spiro atoms. The maximum absolute atomic E-state index is 13.4. The van der Waals surface area contributed by atoms with Crippen LogP contribution in [0.25, 0.3) is 0 Å². The summed E-state index contributed by atoms with van der Waals surface area (Å²) in [7, 11) is 0. The average Bonchev–Trinajstić information content (AvgIpc) is 2.75. The maximum Gasteiger partial charge on any atom is 0.319 e. The number of aryl methyl sites for hydroxylation is 1. The van der Waals surface area contributed by atoms with Gasteiger partial charge in [0.1, 0.15) is 11.6 Å². The highest BCUT2D eigenvalue weighted by Gasteiger charge is 2.08. The first-order valence-corrected chi connectivity index (χ1v) is 7.39. The van der Waals surface area contributed by atoms with Crippen molar-refractivity contribution < 1.29 is 13.6 Å². The first-order chi connectivity index (χ1) is 9.97. The summed E-state index contributed by atoms with van der Waals surface area (Å²) in [5, 5.41) is 6.99. The largest absolute Gasteiger partial charge is 0.338 e. The number of rotatable bonds is 4. The van der Waals surface area contributed by atoms with Crippen molar-refractivity contribution in [2.24, 2.45) is 0 Å². The van der Waals surface area contributed by atoms with E-state index >= 15 is 0 Å². The maximum atomic E-state index is 13.4. The Morgan fingerprint density at radius 1 is 1.29 bits per heavy atom. The van der Waals surface area contributed by atoms with E-state index in [1.165, 1.54) is 16.0 Å². The van der Waals surface area contributed by atoms with Crippen molar-refractivity contribution in [2.45, 2.75) is 20.3 Å². The van der Waals surface area contributed by atoms with Crippen LogP contribution in [-0.4, -0.2) is 12.6 Å². The summed E-state index contributed by atoms with van der Waals surface area (Å²) in [6.45, 7) is 4.53. The number of benzene rings is 1. The van der Waals surface area contributed by atoms with Crippen molar-refractivity contribution in [1.82, 2.24) is 5.32 Å². The van der Waals surface area contributed by atoms with E-state index in [1.54, 1.807) is 11.3 Å². The predicted octanol–water partition coefficient (Wildman–Crippen LogP) is 4.01. The highest BCUT2D eigenvalue weighted by molar-refractivity contribution is 7.10. The lowest BCUT2D eigenvalue weighted by Crippen LogP contribution is -2.30. The number of hydrogen-bond acceptors (Lipinski definition) is 2. The third kappa shape index (κ3) is 4.01. The van der Waals surface area contributed by atoms with Gasteiger partial charge < -0.3 is 10.6 Å². The van der Waals surface area contributed by atoms with Crippen molar-refractivity contribution in [3.63, 3.8) is 0 Å². The zero-order valence-corrected chi connectivity index (χ0v) is 12.6. The minimum Gasteiger partial charge on any atom is -0.338 e. The molecule has 0 unspecified atom stereocenters. The van der Waals surface area contributed by atoms with E-state index in [1.807, 2.05) is 6.92 Å². The van der Waals surface area contributed by atoms with Crippen LogP contribution in [-0.2, 0) is 6.42 Å². The van der Waals surface area contributed by atoms with Crippen molar-refractivity contribution in [1.29, 1.82) is 0 Å². The molecule has 3 nitrogen and oxygen atoms in total. The van der Waals surface area contributed by atoms with Crippen molar-refractivity contribution >= 4 is 23.1 Å². The molecule has 1 aromatic carbocycles. The molecule has 2 rings (SSSR count). The van der Waals surface area contributed by atoms with Gasteiger partial charge in [-0.3, -0.25) is 0 Å². The van der Waals surface area contributed by atoms with Gasteiger partial charge >= 0.3 is 6.03 Å². The van der Waals surface area contributed by atoms with Crippen LogP contribution in [0, 0.1) is 25.5 Å². The topological polar surface area (TPSA) is 41.1 Å².